The zero-order valence-corrected chi connectivity index (χ0v) is 14.0. The molecule has 22 heavy (non-hydrogen) atoms. The molecule has 122 valence electrons. The van der Waals surface area contributed by atoms with E-state index in [2.05, 4.69) is 15.6 Å². The van der Waals surface area contributed by atoms with E-state index in [0.29, 0.717) is 18.9 Å². The molecular formula is C14H20FN3O2S2. The van der Waals surface area contributed by atoms with Gasteiger partial charge >= 0.3 is 0 Å². The van der Waals surface area contributed by atoms with E-state index < -0.39 is 9.84 Å². The van der Waals surface area contributed by atoms with Gasteiger partial charge in [-0.2, -0.15) is 0 Å². The molecule has 1 aromatic rings. The number of nitrogens with zero attached hydrogens (tertiary/aromatic N) is 1. The Bertz CT molecular complexity index is 617. The van der Waals surface area contributed by atoms with Crippen molar-refractivity contribution in [2.24, 2.45) is 4.99 Å². The Morgan fingerprint density at radius 1 is 1.41 bits per heavy atom. The summed E-state index contributed by atoms with van der Waals surface area (Å²) in [4.78, 5) is 5.10. The van der Waals surface area contributed by atoms with Crippen LogP contribution in [-0.4, -0.2) is 51.3 Å². The summed E-state index contributed by atoms with van der Waals surface area (Å²) in [6, 6.07) is 6.31. The fourth-order valence-corrected chi connectivity index (χ4v) is 4.61. The third kappa shape index (κ3) is 5.49. The normalized spacial score (nSPS) is 20.8. The lowest BCUT2D eigenvalue weighted by molar-refractivity contribution is 0.599. The SMILES string of the molecule is CN=C(NCCSc1ccc(F)cc1)NC1CCS(=O)(=O)C1. The molecule has 1 atom stereocenters. The minimum atomic E-state index is -2.89. The van der Waals surface area contributed by atoms with Crippen LogP contribution in [0.15, 0.2) is 34.2 Å². The number of thioether (sulfide) groups is 1. The number of rotatable bonds is 5. The molecule has 0 amide bonds. The van der Waals surface area contributed by atoms with Crippen molar-refractivity contribution in [3.63, 3.8) is 0 Å². The molecule has 0 aromatic heterocycles. The fourth-order valence-electron chi connectivity index (χ4n) is 2.17. The van der Waals surface area contributed by atoms with Crippen LogP contribution in [0, 0.1) is 5.82 Å². The van der Waals surface area contributed by atoms with Crippen molar-refractivity contribution in [3.8, 4) is 0 Å². The van der Waals surface area contributed by atoms with E-state index in [-0.39, 0.29) is 23.4 Å². The standard InChI is InChI=1S/C14H20FN3O2S2/c1-16-14(18-12-6-9-22(19,20)10-12)17-7-8-21-13-4-2-11(15)3-5-13/h2-5,12H,6-10H2,1H3,(H2,16,17,18). The van der Waals surface area contributed by atoms with Crippen LogP contribution in [0.1, 0.15) is 6.42 Å². The third-order valence-corrected chi connectivity index (χ3v) is 6.06. The molecule has 1 saturated heterocycles. The van der Waals surface area contributed by atoms with Crippen LogP contribution in [0.3, 0.4) is 0 Å². The number of halogens is 1. The van der Waals surface area contributed by atoms with Crippen molar-refractivity contribution in [1.29, 1.82) is 0 Å². The molecule has 2 rings (SSSR count). The van der Waals surface area contributed by atoms with Crippen molar-refractivity contribution in [3.05, 3.63) is 30.1 Å². The second-order valence-corrected chi connectivity index (χ2v) is 8.44. The van der Waals surface area contributed by atoms with E-state index in [1.807, 2.05) is 0 Å². The Labute approximate surface area is 134 Å². The number of benzene rings is 1. The Balaban J connectivity index is 1.69. The van der Waals surface area contributed by atoms with Gasteiger partial charge in [0.25, 0.3) is 0 Å². The first kappa shape index (κ1) is 17.1. The predicted octanol–water partition coefficient (Wildman–Crippen LogP) is 1.27. The zero-order chi connectivity index (χ0) is 16.0. The van der Waals surface area contributed by atoms with Crippen molar-refractivity contribution in [2.75, 3.05) is 30.9 Å². The van der Waals surface area contributed by atoms with Crippen molar-refractivity contribution >= 4 is 27.6 Å². The number of hydrogen-bond acceptors (Lipinski definition) is 4. The first-order chi connectivity index (χ1) is 10.5. The van der Waals surface area contributed by atoms with Gasteiger partial charge in [0.1, 0.15) is 5.82 Å². The molecule has 8 heteroatoms. The van der Waals surface area contributed by atoms with E-state index in [9.17, 15) is 12.8 Å². The lowest BCUT2D eigenvalue weighted by atomic mass is 10.3. The molecule has 0 aliphatic carbocycles. The highest BCUT2D eigenvalue weighted by molar-refractivity contribution is 7.99. The molecule has 1 fully saturated rings. The molecular weight excluding hydrogens is 325 g/mol. The largest absolute Gasteiger partial charge is 0.356 e. The third-order valence-electron chi connectivity index (χ3n) is 3.27. The average molecular weight is 345 g/mol. The summed E-state index contributed by atoms with van der Waals surface area (Å²) >= 11 is 1.62. The monoisotopic (exact) mass is 345 g/mol. The molecule has 1 aromatic carbocycles. The van der Waals surface area contributed by atoms with E-state index in [1.165, 1.54) is 12.1 Å². The molecule has 1 aliphatic heterocycles. The van der Waals surface area contributed by atoms with Gasteiger partial charge in [-0.15, -0.1) is 11.8 Å². The van der Waals surface area contributed by atoms with Crippen LogP contribution in [0.4, 0.5) is 4.39 Å². The summed E-state index contributed by atoms with van der Waals surface area (Å²) in [6.07, 6.45) is 0.618. The van der Waals surface area contributed by atoms with Gasteiger partial charge in [0, 0.05) is 30.3 Å². The van der Waals surface area contributed by atoms with Crippen LogP contribution in [0.2, 0.25) is 0 Å². The van der Waals surface area contributed by atoms with Crippen molar-refractivity contribution in [2.45, 2.75) is 17.4 Å². The molecule has 1 unspecified atom stereocenters. The van der Waals surface area contributed by atoms with Gasteiger partial charge < -0.3 is 10.6 Å². The summed E-state index contributed by atoms with van der Waals surface area (Å²) < 4.78 is 35.6. The van der Waals surface area contributed by atoms with E-state index in [0.717, 1.165) is 10.6 Å². The van der Waals surface area contributed by atoms with Gasteiger partial charge in [0.05, 0.1) is 11.5 Å². The second-order valence-electron chi connectivity index (χ2n) is 5.05. The number of guanidine groups is 1. The summed E-state index contributed by atoms with van der Waals surface area (Å²) in [5, 5.41) is 6.28. The van der Waals surface area contributed by atoms with Crippen molar-refractivity contribution in [1.82, 2.24) is 10.6 Å². The molecule has 0 saturated carbocycles. The number of sulfone groups is 1. The zero-order valence-electron chi connectivity index (χ0n) is 12.4. The van der Waals surface area contributed by atoms with Gasteiger partial charge in [-0.25, -0.2) is 12.8 Å². The maximum absolute atomic E-state index is 12.8. The van der Waals surface area contributed by atoms with Gasteiger partial charge in [-0.1, -0.05) is 0 Å². The molecule has 5 nitrogen and oxygen atoms in total. The average Bonchev–Trinajstić information content (AvgIpc) is 2.83. The highest BCUT2D eigenvalue weighted by Gasteiger charge is 2.28. The van der Waals surface area contributed by atoms with Gasteiger partial charge in [-0.05, 0) is 30.7 Å². The van der Waals surface area contributed by atoms with Crippen LogP contribution >= 0.6 is 11.8 Å². The first-order valence-corrected chi connectivity index (χ1v) is 9.85. The summed E-state index contributed by atoms with van der Waals surface area (Å²) in [6.45, 7) is 0.682. The highest BCUT2D eigenvalue weighted by Crippen LogP contribution is 2.17. The molecule has 2 N–H and O–H groups in total. The van der Waals surface area contributed by atoms with Gasteiger partial charge in [0.15, 0.2) is 15.8 Å². The lowest BCUT2D eigenvalue weighted by Gasteiger charge is -2.15. The van der Waals surface area contributed by atoms with Crippen molar-refractivity contribution < 1.29 is 12.8 Å². The maximum Gasteiger partial charge on any atom is 0.191 e. The minimum absolute atomic E-state index is 0.0686. The molecule has 0 spiro atoms. The fraction of sp³-hybridized carbons (Fsp3) is 0.500. The molecule has 0 bridgehead atoms. The minimum Gasteiger partial charge on any atom is -0.356 e. The van der Waals surface area contributed by atoms with Gasteiger partial charge in [-0.3, -0.25) is 4.99 Å². The molecule has 1 aliphatic rings. The number of hydrogen-bond donors (Lipinski definition) is 2. The van der Waals surface area contributed by atoms with E-state index in [4.69, 9.17) is 0 Å². The van der Waals surface area contributed by atoms with Crippen LogP contribution < -0.4 is 10.6 Å². The lowest BCUT2D eigenvalue weighted by Crippen LogP contribution is -2.44. The Kier molecular flexibility index (Phi) is 6.07. The molecule has 0 radical (unpaired) electrons. The van der Waals surface area contributed by atoms with E-state index >= 15 is 0 Å². The van der Waals surface area contributed by atoms with Crippen LogP contribution in [0.5, 0.6) is 0 Å². The quantitative estimate of drug-likeness (QED) is 0.364. The summed E-state index contributed by atoms with van der Waals surface area (Å²) in [7, 11) is -1.24. The van der Waals surface area contributed by atoms with Gasteiger partial charge in [0.2, 0.25) is 0 Å². The second kappa shape index (κ2) is 7.82. The number of aliphatic imine (C=N–C) groups is 1. The van der Waals surface area contributed by atoms with E-state index in [1.54, 1.807) is 30.9 Å². The summed E-state index contributed by atoms with van der Waals surface area (Å²) in [5.41, 5.74) is 0. The summed E-state index contributed by atoms with van der Waals surface area (Å²) in [5.74, 6) is 1.58. The van der Waals surface area contributed by atoms with Crippen LogP contribution in [0.25, 0.3) is 0 Å². The molecule has 1 heterocycles. The first-order valence-electron chi connectivity index (χ1n) is 7.04. The Morgan fingerprint density at radius 2 is 2.14 bits per heavy atom. The number of nitrogens with one attached hydrogen (secondary N) is 2. The van der Waals surface area contributed by atoms with Crippen LogP contribution in [-0.2, 0) is 9.84 Å². The Hall–Kier alpha value is -1.28. The Morgan fingerprint density at radius 3 is 2.73 bits per heavy atom. The highest BCUT2D eigenvalue weighted by atomic mass is 32.2. The maximum atomic E-state index is 12.8. The smallest absolute Gasteiger partial charge is 0.191 e. The topological polar surface area (TPSA) is 70.6 Å². The predicted molar refractivity (Wildman–Crippen MR) is 88.7 cm³/mol.